The Labute approximate surface area is 601 Å². The molecule has 0 aliphatic carbocycles. The van der Waals surface area contributed by atoms with Crippen LogP contribution < -0.4 is 25.8 Å². The van der Waals surface area contributed by atoms with Gasteiger partial charge in [0, 0.05) is 80.7 Å². The number of rotatable bonds is 29. The van der Waals surface area contributed by atoms with Crippen molar-refractivity contribution in [2.24, 2.45) is 22.7 Å². The smallest absolute Gasteiger partial charge is 0.414 e. The van der Waals surface area contributed by atoms with Gasteiger partial charge in [0.25, 0.3) is 9.05 Å². The normalized spacial score (nSPS) is 19.9. The standard InChI is InChI=1S/C38H54N4O7.C24H35N3O5.C13H18ClNO4S/c1-7-42(36(45)49-37(2,3)4)29-16-11-15-28(21-29)23-41(26-38(5,6)18-12-19-39)24-32(43)31(22-27-13-9-8-10-14-27)40-35(44)48-33-25-47-34-30(33)17-20-46-34;1-24(2,10-6-11-25)16-26-14-20(28)19(13-17-7-4-3-5-8-17)27-23(29)32-21-15-31-22-18(21)9-12-30-22;1-5-15(12(16)19-13(2,3)4)10-7-6-8-11(9-10)20(14,17)18/h8-11,13-16,21,30-34,43H,7,12,17-18,20,22-26H2,1-6H3,(H,40,44);3-5,7-8,18-22,26,28H,6,9-10,12-16H2,1-2H3,(H,27,29);6-9H,5H2,1-4H3/t30-,31-,32+,33-,34+;18-,19-,20+,21-,22+;/m00./s1. The molecule has 556 valence electrons. The summed E-state index contributed by atoms with van der Waals surface area (Å²) in [5.41, 5.74) is 2.53. The van der Waals surface area contributed by atoms with Crippen molar-refractivity contribution >= 4 is 55.5 Å². The van der Waals surface area contributed by atoms with Gasteiger partial charge < -0.3 is 64.1 Å². The largest absolute Gasteiger partial charge is 0.443 e. The maximum Gasteiger partial charge on any atom is 0.414 e. The Morgan fingerprint density at radius 1 is 0.614 bits per heavy atom. The molecule has 4 heterocycles. The molecule has 24 nitrogen and oxygen atoms in total. The molecule has 26 heteroatoms. The number of fused-ring (bicyclic) bond motifs is 2. The van der Waals surface area contributed by atoms with E-state index in [0.717, 1.165) is 41.6 Å². The van der Waals surface area contributed by atoms with Gasteiger partial charge in [-0.3, -0.25) is 14.7 Å². The molecule has 0 radical (unpaired) electrons. The second-order valence-corrected chi connectivity index (χ2v) is 32.0. The Morgan fingerprint density at radius 3 is 1.51 bits per heavy atom. The average Bonchev–Trinajstić information content (AvgIpc) is 1.80. The van der Waals surface area contributed by atoms with E-state index in [4.69, 9.17) is 53.8 Å². The summed E-state index contributed by atoms with van der Waals surface area (Å²) in [6.07, 6.45) is -0.410. The molecule has 4 aliphatic heterocycles. The second-order valence-electron chi connectivity index (χ2n) is 29.5. The Kier molecular flexibility index (Phi) is 31.9. The zero-order chi connectivity index (χ0) is 74.1. The highest BCUT2D eigenvalue weighted by Gasteiger charge is 2.46. The summed E-state index contributed by atoms with van der Waals surface area (Å²) in [6.45, 7) is 27.8. The van der Waals surface area contributed by atoms with Gasteiger partial charge in [-0.1, -0.05) is 107 Å². The van der Waals surface area contributed by atoms with Gasteiger partial charge in [-0.25, -0.2) is 27.6 Å². The molecule has 4 fully saturated rings. The predicted molar refractivity (Wildman–Crippen MR) is 384 cm³/mol. The molecule has 4 saturated heterocycles. The number of nitrogens with zero attached hydrogens (tertiary/aromatic N) is 5. The van der Waals surface area contributed by atoms with Crippen LogP contribution in [0.15, 0.2) is 114 Å². The van der Waals surface area contributed by atoms with Crippen LogP contribution in [0, 0.1) is 45.3 Å². The van der Waals surface area contributed by atoms with E-state index in [0.29, 0.717) is 96.9 Å². The first-order valence-corrected chi connectivity index (χ1v) is 37.2. The zero-order valence-corrected chi connectivity index (χ0v) is 62.3. The Morgan fingerprint density at radius 2 is 1.06 bits per heavy atom. The third-order valence-electron chi connectivity index (χ3n) is 17.4. The maximum atomic E-state index is 13.3. The number of anilines is 2. The predicted octanol–water partition coefficient (Wildman–Crippen LogP) is 11.8. The van der Waals surface area contributed by atoms with Crippen LogP contribution in [0.3, 0.4) is 0 Å². The molecule has 4 aromatic rings. The van der Waals surface area contributed by atoms with Gasteiger partial charge in [0.15, 0.2) is 12.6 Å². The minimum absolute atomic E-state index is 0.00379. The van der Waals surface area contributed by atoms with E-state index in [2.05, 4.69) is 60.7 Å². The topological polar surface area (TPSA) is 310 Å². The van der Waals surface area contributed by atoms with Crippen LogP contribution in [0.25, 0.3) is 0 Å². The lowest BCUT2D eigenvalue weighted by atomic mass is 9.87. The third-order valence-corrected chi connectivity index (χ3v) is 18.8. The quantitative estimate of drug-likeness (QED) is 0.0249. The SMILES string of the molecule is CC(C)(CCC#N)CNC[C@@H](O)[C@H](Cc1ccccc1)NC(=O)O[C@H]1CO[C@H]2OCC[C@H]21.CCN(C(=O)OC(C)(C)C)c1cccc(CN(C[C@@H](O)[C@H](Cc2ccccc2)NC(=O)O[C@H]2CO[C@H]3OCC[C@H]32)CC(C)(C)CCC#N)c1.CCN(C(=O)OC(C)(C)C)c1cccc(S(=O)(=O)Cl)c1. The Hall–Kier alpha value is -7.14. The summed E-state index contributed by atoms with van der Waals surface area (Å²) in [5, 5.41) is 49.9. The monoisotopic (exact) mass is 1440 g/mol. The number of nitrogens with one attached hydrogen (secondary N) is 3. The number of benzene rings is 4. The maximum absolute atomic E-state index is 13.3. The highest BCUT2D eigenvalue weighted by Crippen LogP contribution is 2.35. The number of carbonyl (C=O) groups excluding carboxylic acids is 4. The molecule has 4 aliphatic rings. The summed E-state index contributed by atoms with van der Waals surface area (Å²) in [5.74, 6) is 0.0691. The highest BCUT2D eigenvalue weighted by atomic mass is 35.7. The highest BCUT2D eigenvalue weighted by molar-refractivity contribution is 8.13. The molecule has 0 bridgehead atoms. The molecule has 101 heavy (non-hydrogen) atoms. The minimum Gasteiger partial charge on any atom is -0.443 e. The molecule has 4 aromatic carbocycles. The van der Waals surface area contributed by atoms with E-state index >= 15 is 0 Å². The van der Waals surface area contributed by atoms with Crippen LogP contribution in [0.1, 0.15) is 138 Å². The van der Waals surface area contributed by atoms with Crippen molar-refractivity contribution in [2.45, 2.75) is 206 Å². The van der Waals surface area contributed by atoms with Gasteiger partial charge in [-0.05, 0) is 152 Å². The van der Waals surface area contributed by atoms with Crippen molar-refractivity contribution in [2.75, 3.05) is 75.5 Å². The summed E-state index contributed by atoms with van der Waals surface area (Å²) >= 11 is 0. The van der Waals surface area contributed by atoms with Crippen molar-refractivity contribution in [3.05, 3.63) is 126 Å². The number of ether oxygens (including phenoxy) is 8. The number of aliphatic hydroxyl groups excluding tert-OH is 2. The van der Waals surface area contributed by atoms with E-state index in [-0.39, 0.29) is 59.4 Å². The van der Waals surface area contributed by atoms with E-state index in [1.165, 1.54) is 23.1 Å². The zero-order valence-electron chi connectivity index (χ0n) is 60.7. The Balaban J connectivity index is 0.000000263. The van der Waals surface area contributed by atoms with Gasteiger partial charge in [0.2, 0.25) is 0 Å². The molecular formula is C75H107ClN8O16S. The number of halogens is 1. The van der Waals surface area contributed by atoms with Crippen molar-refractivity contribution in [3.63, 3.8) is 0 Å². The minimum atomic E-state index is -3.83. The number of alkyl carbamates (subject to hydrolysis) is 2. The molecule has 5 N–H and O–H groups in total. The number of aliphatic hydroxyl groups is 2. The Bertz CT molecular complexity index is 3460. The molecule has 10 atom stereocenters. The van der Waals surface area contributed by atoms with Crippen LogP contribution in [0.2, 0.25) is 0 Å². The average molecular weight is 1440 g/mol. The van der Waals surface area contributed by atoms with E-state index in [9.17, 15) is 43.1 Å². The molecule has 4 amide bonds. The molecular weight excluding hydrogens is 1340 g/mol. The molecule has 0 aromatic heterocycles. The van der Waals surface area contributed by atoms with E-state index in [1.807, 2.05) is 113 Å². The first kappa shape index (κ1) is 82.8. The van der Waals surface area contributed by atoms with Crippen molar-refractivity contribution in [3.8, 4) is 12.1 Å². The first-order valence-electron chi connectivity index (χ1n) is 34.9. The summed E-state index contributed by atoms with van der Waals surface area (Å²) < 4.78 is 67.3. The third kappa shape index (κ3) is 28.2. The van der Waals surface area contributed by atoms with Gasteiger partial charge in [0.1, 0.15) is 23.4 Å². The second kappa shape index (κ2) is 38.9. The molecule has 0 unspecified atom stereocenters. The molecule has 8 rings (SSSR count). The van der Waals surface area contributed by atoms with Crippen LogP contribution in [-0.2, 0) is 66.3 Å². The fourth-order valence-electron chi connectivity index (χ4n) is 12.2. The fraction of sp³-hybridized carbons (Fsp3) is 0.600. The lowest BCUT2D eigenvalue weighted by Gasteiger charge is -2.35. The lowest BCUT2D eigenvalue weighted by molar-refractivity contribution is -0.0909. The van der Waals surface area contributed by atoms with Crippen LogP contribution in [0.4, 0.5) is 30.6 Å². The van der Waals surface area contributed by atoms with E-state index < -0.39 is 75.0 Å². The number of amides is 4. The summed E-state index contributed by atoms with van der Waals surface area (Å²) in [7, 11) is 1.47. The van der Waals surface area contributed by atoms with Crippen molar-refractivity contribution in [1.29, 1.82) is 10.5 Å². The van der Waals surface area contributed by atoms with Gasteiger partial charge in [0.05, 0.1) is 79.6 Å². The van der Waals surface area contributed by atoms with Crippen molar-refractivity contribution < 1.29 is 75.7 Å². The fourth-order valence-corrected chi connectivity index (χ4v) is 13.0. The van der Waals surface area contributed by atoms with Gasteiger partial charge in [-0.15, -0.1) is 0 Å². The van der Waals surface area contributed by atoms with Crippen molar-refractivity contribution in [1.82, 2.24) is 20.9 Å². The van der Waals surface area contributed by atoms with E-state index in [1.54, 1.807) is 38.7 Å². The van der Waals surface area contributed by atoms with Crippen LogP contribution >= 0.6 is 10.7 Å². The molecule has 0 saturated carbocycles. The number of hydrogen-bond acceptors (Lipinski definition) is 20. The van der Waals surface area contributed by atoms with Gasteiger partial charge in [-0.2, -0.15) is 10.5 Å². The molecule has 0 spiro atoms. The summed E-state index contributed by atoms with van der Waals surface area (Å²) in [4.78, 5) is 56.0. The summed E-state index contributed by atoms with van der Waals surface area (Å²) in [6, 6.07) is 36.4. The number of carbonyl (C=O) groups is 4. The van der Waals surface area contributed by atoms with Gasteiger partial charge >= 0.3 is 24.4 Å². The number of hydrogen-bond donors (Lipinski definition) is 5. The number of nitriles is 2. The van der Waals surface area contributed by atoms with Crippen LogP contribution in [0.5, 0.6) is 0 Å². The first-order chi connectivity index (χ1) is 47.7. The van der Waals surface area contributed by atoms with Crippen LogP contribution in [-0.4, -0.2) is 174 Å². The lowest BCUT2D eigenvalue weighted by Crippen LogP contribution is -2.51.